The highest BCUT2D eigenvalue weighted by atomic mass is 19.1. The van der Waals surface area contributed by atoms with Crippen LogP contribution in [0.5, 0.6) is 0 Å². The summed E-state index contributed by atoms with van der Waals surface area (Å²) in [6.07, 6.45) is 0.354. The minimum Gasteiger partial charge on any atom is -0.378 e. The quantitative estimate of drug-likeness (QED) is 0.802. The van der Waals surface area contributed by atoms with Gasteiger partial charge in [0.1, 0.15) is 11.6 Å². The van der Waals surface area contributed by atoms with E-state index in [1.54, 1.807) is 13.0 Å². The molecule has 0 amide bonds. The molecule has 4 heteroatoms. The zero-order valence-electron chi connectivity index (χ0n) is 9.91. The average Bonchev–Trinajstić information content (AvgIpc) is 2.32. The number of benzene rings is 1. The van der Waals surface area contributed by atoms with Crippen LogP contribution in [0.2, 0.25) is 0 Å². The summed E-state index contributed by atoms with van der Waals surface area (Å²) in [5, 5.41) is 0. The largest absolute Gasteiger partial charge is 0.378 e. The standard InChI is InChI=1S/C13H16FNO2/c1-10(16)8-11-2-3-12(14)9-13(11)15-4-6-17-7-5-15/h2-3,9H,4-8H2,1H3. The highest BCUT2D eigenvalue weighted by Crippen LogP contribution is 2.23. The van der Waals surface area contributed by atoms with Crippen LogP contribution in [-0.4, -0.2) is 32.1 Å². The molecule has 0 aliphatic carbocycles. The van der Waals surface area contributed by atoms with E-state index in [4.69, 9.17) is 4.74 Å². The lowest BCUT2D eigenvalue weighted by molar-refractivity contribution is -0.116. The summed E-state index contributed by atoms with van der Waals surface area (Å²) < 4.78 is 18.6. The van der Waals surface area contributed by atoms with Gasteiger partial charge in [-0.15, -0.1) is 0 Å². The van der Waals surface area contributed by atoms with Crippen molar-refractivity contribution in [2.45, 2.75) is 13.3 Å². The van der Waals surface area contributed by atoms with E-state index in [1.165, 1.54) is 12.1 Å². The number of ketones is 1. The van der Waals surface area contributed by atoms with Gasteiger partial charge in [-0.25, -0.2) is 4.39 Å². The van der Waals surface area contributed by atoms with Gasteiger partial charge in [0.05, 0.1) is 13.2 Å². The van der Waals surface area contributed by atoms with Crippen LogP contribution in [0, 0.1) is 5.82 Å². The molecule has 0 radical (unpaired) electrons. The molecule has 0 unspecified atom stereocenters. The van der Waals surface area contributed by atoms with Gasteiger partial charge in [0, 0.05) is 25.2 Å². The van der Waals surface area contributed by atoms with Gasteiger partial charge in [-0.05, 0) is 24.6 Å². The first-order valence-corrected chi connectivity index (χ1v) is 5.77. The van der Waals surface area contributed by atoms with Gasteiger partial charge in [0.25, 0.3) is 0 Å². The van der Waals surface area contributed by atoms with Gasteiger partial charge in [-0.2, -0.15) is 0 Å². The summed E-state index contributed by atoms with van der Waals surface area (Å²) in [5.74, 6) is -0.176. The van der Waals surface area contributed by atoms with Crippen molar-refractivity contribution in [1.82, 2.24) is 0 Å². The van der Waals surface area contributed by atoms with E-state index in [0.29, 0.717) is 19.6 Å². The summed E-state index contributed by atoms with van der Waals surface area (Å²) in [7, 11) is 0. The Hall–Kier alpha value is -1.42. The molecule has 1 fully saturated rings. The molecule has 1 aromatic carbocycles. The fourth-order valence-electron chi connectivity index (χ4n) is 2.05. The van der Waals surface area contributed by atoms with E-state index in [2.05, 4.69) is 4.90 Å². The fourth-order valence-corrected chi connectivity index (χ4v) is 2.05. The molecule has 17 heavy (non-hydrogen) atoms. The van der Waals surface area contributed by atoms with Crippen LogP contribution in [0.25, 0.3) is 0 Å². The number of rotatable bonds is 3. The van der Waals surface area contributed by atoms with Crippen molar-refractivity contribution in [3.05, 3.63) is 29.6 Å². The van der Waals surface area contributed by atoms with Crippen molar-refractivity contribution in [2.75, 3.05) is 31.2 Å². The summed E-state index contributed by atoms with van der Waals surface area (Å²) >= 11 is 0. The number of anilines is 1. The van der Waals surface area contributed by atoms with Crippen molar-refractivity contribution in [2.24, 2.45) is 0 Å². The Bertz CT molecular complexity index is 414. The molecule has 1 saturated heterocycles. The molecule has 1 aromatic rings. The average molecular weight is 237 g/mol. The fraction of sp³-hybridized carbons (Fsp3) is 0.462. The molecule has 0 N–H and O–H groups in total. The van der Waals surface area contributed by atoms with Crippen LogP contribution in [0.3, 0.4) is 0 Å². The first-order valence-electron chi connectivity index (χ1n) is 5.77. The van der Waals surface area contributed by atoms with Crippen LogP contribution in [0.1, 0.15) is 12.5 Å². The van der Waals surface area contributed by atoms with E-state index in [1.807, 2.05) is 0 Å². The van der Waals surface area contributed by atoms with Crippen molar-refractivity contribution < 1.29 is 13.9 Å². The maximum atomic E-state index is 13.3. The first-order chi connectivity index (χ1) is 8.16. The van der Waals surface area contributed by atoms with E-state index in [0.717, 1.165) is 24.3 Å². The Labute approximate surface area is 100 Å². The third-order valence-electron chi connectivity index (χ3n) is 2.84. The van der Waals surface area contributed by atoms with Crippen molar-refractivity contribution in [1.29, 1.82) is 0 Å². The third kappa shape index (κ3) is 3.03. The molecule has 1 aliphatic heterocycles. The molecule has 3 nitrogen and oxygen atoms in total. The number of hydrogen-bond donors (Lipinski definition) is 0. The lowest BCUT2D eigenvalue weighted by Gasteiger charge is -2.30. The Morgan fingerprint density at radius 3 is 2.76 bits per heavy atom. The lowest BCUT2D eigenvalue weighted by Crippen LogP contribution is -2.37. The maximum Gasteiger partial charge on any atom is 0.134 e. The van der Waals surface area contributed by atoms with Crippen molar-refractivity contribution in [3.63, 3.8) is 0 Å². The van der Waals surface area contributed by atoms with Crippen LogP contribution >= 0.6 is 0 Å². The Morgan fingerprint density at radius 1 is 1.41 bits per heavy atom. The predicted molar refractivity (Wildman–Crippen MR) is 63.8 cm³/mol. The second kappa shape index (κ2) is 5.27. The SMILES string of the molecule is CC(=O)Cc1ccc(F)cc1N1CCOCC1. The lowest BCUT2D eigenvalue weighted by atomic mass is 10.1. The normalized spacial score (nSPS) is 16.0. The molecule has 2 rings (SSSR count). The maximum absolute atomic E-state index is 13.3. The topological polar surface area (TPSA) is 29.5 Å². The summed E-state index contributed by atoms with van der Waals surface area (Å²) in [6, 6.07) is 4.60. The minimum atomic E-state index is -0.265. The van der Waals surface area contributed by atoms with Crippen molar-refractivity contribution >= 4 is 11.5 Å². The van der Waals surface area contributed by atoms with Gasteiger partial charge in [0.15, 0.2) is 0 Å². The molecule has 0 bridgehead atoms. The Balaban J connectivity index is 2.28. The van der Waals surface area contributed by atoms with Gasteiger partial charge in [0.2, 0.25) is 0 Å². The first kappa shape index (κ1) is 12.0. The third-order valence-corrected chi connectivity index (χ3v) is 2.84. The van der Waals surface area contributed by atoms with Crippen LogP contribution in [0.4, 0.5) is 10.1 Å². The monoisotopic (exact) mass is 237 g/mol. The van der Waals surface area contributed by atoms with Crippen LogP contribution in [0.15, 0.2) is 18.2 Å². The zero-order chi connectivity index (χ0) is 12.3. The van der Waals surface area contributed by atoms with Gasteiger partial charge in [-0.1, -0.05) is 6.07 Å². The highest BCUT2D eigenvalue weighted by Gasteiger charge is 2.16. The van der Waals surface area contributed by atoms with E-state index in [-0.39, 0.29) is 11.6 Å². The van der Waals surface area contributed by atoms with Crippen molar-refractivity contribution in [3.8, 4) is 0 Å². The minimum absolute atomic E-state index is 0.0890. The summed E-state index contributed by atoms with van der Waals surface area (Å²) in [4.78, 5) is 13.3. The molecule has 0 spiro atoms. The highest BCUT2D eigenvalue weighted by molar-refractivity contribution is 5.80. The second-order valence-corrected chi connectivity index (χ2v) is 4.25. The zero-order valence-corrected chi connectivity index (χ0v) is 9.91. The molecule has 0 saturated carbocycles. The molecule has 0 atom stereocenters. The van der Waals surface area contributed by atoms with Crippen LogP contribution < -0.4 is 4.90 Å². The number of carbonyl (C=O) groups excluding carboxylic acids is 1. The molecule has 1 heterocycles. The summed E-state index contributed by atoms with van der Waals surface area (Å²) in [6.45, 7) is 4.33. The van der Waals surface area contributed by atoms with E-state index >= 15 is 0 Å². The second-order valence-electron chi connectivity index (χ2n) is 4.25. The number of Topliss-reactive ketones (excluding diaryl/α,β-unsaturated/α-hetero) is 1. The van der Waals surface area contributed by atoms with Gasteiger partial charge >= 0.3 is 0 Å². The number of ether oxygens (including phenoxy) is 1. The summed E-state index contributed by atoms with van der Waals surface area (Å²) in [5.41, 5.74) is 1.71. The Morgan fingerprint density at radius 2 is 2.12 bits per heavy atom. The van der Waals surface area contributed by atoms with Gasteiger partial charge < -0.3 is 9.64 Å². The number of hydrogen-bond acceptors (Lipinski definition) is 3. The number of carbonyl (C=O) groups is 1. The molecule has 1 aliphatic rings. The smallest absolute Gasteiger partial charge is 0.134 e. The van der Waals surface area contributed by atoms with Crippen LogP contribution in [-0.2, 0) is 16.0 Å². The van der Waals surface area contributed by atoms with E-state index < -0.39 is 0 Å². The van der Waals surface area contributed by atoms with E-state index in [9.17, 15) is 9.18 Å². The predicted octanol–water partition coefficient (Wildman–Crippen LogP) is 1.79. The number of morpholine rings is 1. The molecule has 92 valence electrons. The number of nitrogens with zero attached hydrogens (tertiary/aromatic N) is 1. The Kier molecular flexibility index (Phi) is 3.74. The number of halogens is 1. The molecule has 0 aromatic heterocycles. The molecular formula is C13H16FNO2. The molecular weight excluding hydrogens is 221 g/mol. The van der Waals surface area contributed by atoms with Gasteiger partial charge in [-0.3, -0.25) is 4.79 Å².